The SMILES string of the molecule is CCCCCc1ccc(NC(=O)Cn2c(-c3ccc(Cl)cc3)n[nH]c2=S)cc1. The predicted octanol–water partition coefficient (Wildman–Crippen LogP) is 5.63. The molecule has 146 valence electrons. The molecule has 0 unspecified atom stereocenters. The first-order valence-corrected chi connectivity index (χ1v) is 10.2. The Morgan fingerprint density at radius 2 is 1.86 bits per heavy atom. The van der Waals surface area contributed by atoms with Gasteiger partial charge in [-0.3, -0.25) is 14.5 Å². The molecule has 3 rings (SSSR count). The Kier molecular flexibility index (Phi) is 7.01. The van der Waals surface area contributed by atoms with Gasteiger partial charge in [-0.15, -0.1) is 0 Å². The van der Waals surface area contributed by atoms with Gasteiger partial charge < -0.3 is 5.32 Å². The van der Waals surface area contributed by atoms with E-state index in [1.165, 1.54) is 24.8 Å². The number of aryl methyl sites for hydroxylation is 1. The van der Waals surface area contributed by atoms with Crippen LogP contribution in [0.15, 0.2) is 48.5 Å². The first-order valence-electron chi connectivity index (χ1n) is 9.36. The minimum atomic E-state index is -0.161. The number of carbonyl (C=O) groups excluding carboxylic acids is 1. The number of anilines is 1. The highest BCUT2D eigenvalue weighted by atomic mass is 35.5. The van der Waals surface area contributed by atoms with E-state index in [-0.39, 0.29) is 12.5 Å². The van der Waals surface area contributed by atoms with Crippen LogP contribution >= 0.6 is 23.8 Å². The average molecular weight is 415 g/mol. The lowest BCUT2D eigenvalue weighted by molar-refractivity contribution is -0.116. The molecular formula is C21H23ClN4OS. The predicted molar refractivity (Wildman–Crippen MR) is 116 cm³/mol. The minimum absolute atomic E-state index is 0.0749. The molecule has 0 radical (unpaired) electrons. The molecule has 0 aliphatic heterocycles. The maximum absolute atomic E-state index is 12.5. The molecule has 0 bridgehead atoms. The summed E-state index contributed by atoms with van der Waals surface area (Å²) >= 11 is 11.2. The minimum Gasteiger partial charge on any atom is -0.325 e. The van der Waals surface area contributed by atoms with E-state index < -0.39 is 0 Å². The van der Waals surface area contributed by atoms with Gasteiger partial charge >= 0.3 is 0 Å². The highest BCUT2D eigenvalue weighted by Crippen LogP contribution is 2.20. The second-order valence-corrected chi connectivity index (χ2v) is 7.47. The molecule has 0 saturated heterocycles. The van der Waals surface area contributed by atoms with Crippen molar-refractivity contribution < 1.29 is 4.79 Å². The van der Waals surface area contributed by atoms with E-state index in [1.54, 1.807) is 16.7 Å². The summed E-state index contributed by atoms with van der Waals surface area (Å²) in [5, 5.41) is 10.6. The van der Waals surface area contributed by atoms with Gasteiger partial charge in [0.25, 0.3) is 0 Å². The van der Waals surface area contributed by atoms with Crippen LogP contribution in [-0.4, -0.2) is 20.7 Å². The largest absolute Gasteiger partial charge is 0.325 e. The molecule has 0 aliphatic carbocycles. The molecule has 1 aromatic heterocycles. The summed E-state index contributed by atoms with van der Waals surface area (Å²) in [6.07, 6.45) is 4.70. The van der Waals surface area contributed by atoms with Crippen LogP contribution in [0, 0.1) is 4.77 Å². The number of nitrogens with one attached hydrogen (secondary N) is 2. The number of unbranched alkanes of at least 4 members (excludes halogenated alkanes) is 2. The highest BCUT2D eigenvalue weighted by Gasteiger charge is 2.12. The summed E-state index contributed by atoms with van der Waals surface area (Å²) in [6.45, 7) is 2.27. The van der Waals surface area contributed by atoms with Crippen LogP contribution in [0.3, 0.4) is 0 Å². The number of halogens is 1. The zero-order chi connectivity index (χ0) is 19.9. The molecule has 2 aromatic carbocycles. The van der Waals surface area contributed by atoms with Gasteiger partial charge in [-0.05, 0) is 67.0 Å². The number of hydrogen-bond acceptors (Lipinski definition) is 3. The van der Waals surface area contributed by atoms with Crippen molar-refractivity contribution >= 4 is 35.4 Å². The van der Waals surface area contributed by atoms with Crippen LogP contribution in [0.25, 0.3) is 11.4 Å². The van der Waals surface area contributed by atoms with Crippen LogP contribution in [0.2, 0.25) is 5.02 Å². The van der Waals surface area contributed by atoms with Crippen LogP contribution in [0.5, 0.6) is 0 Å². The Morgan fingerprint density at radius 1 is 1.14 bits per heavy atom. The topological polar surface area (TPSA) is 62.7 Å². The molecule has 0 atom stereocenters. The number of carbonyl (C=O) groups is 1. The summed E-state index contributed by atoms with van der Waals surface area (Å²) in [5.41, 5.74) is 2.89. The maximum atomic E-state index is 12.5. The lowest BCUT2D eigenvalue weighted by Crippen LogP contribution is -2.19. The molecule has 0 spiro atoms. The Balaban J connectivity index is 1.66. The number of aromatic nitrogens is 3. The van der Waals surface area contributed by atoms with Gasteiger partial charge in [0.15, 0.2) is 10.6 Å². The van der Waals surface area contributed by atoms with Crippen LogP contribution < -0.4 is 5.32 Å². The number of H-pyrrole nitrogens is 1. The Morgan fingerprint density at radius 3 is 2.54 bits per heavy atom. The highest BCUT2D eigenvalue weighted by molar-refractivity contribution is 7.71. The molecule has 0 saturated carbocycles. The van der Waals surface area contributed by atoms with Crippen molar-refractivity contribution in [2.45, 2.75) is 39.2 Å². The molecule has 0 aliphatic rings. The molecule has 2 N–H and O–H groups in total. The van der Waals surface area contributed by atoms with Crippen molar-refractivity contribution in [1.82, 2.24) is 14.8 Å². The van der Waals surface area contributed by atoms with Gasteiger partial charge in [-0.2, -0.15) is 5.10 Å². The van der Waals surface area contributed by atoms with Crippen molar-refractivity contribution in [1.29, 1.82) is 0 Å². The fraction of sp³-hybridized carbons (Fsp3) is 0.286. The number of rotatable bonds is 8. The fourth-order valence-corrected chi connectivity index (χ4v) is 3.28. The van der Waals surface area contributed by atoms with Crippen LogP contribution in [0.1, 0.15) is 31.7 Å². The molecule has 3 aromatic rings. The van der Waals surface area contributed by atoms with Gasteiger partial charge in [-0.25, -0.2) is 0 Å². The quantitative estimate of drug-likeness (QED) is 0.370. The molecule has 5 nitrogen and oxygen atoms in total. The van der Waals surface area contributed by atoms with E-state index >= 15 is 0 Å². The summed E-state index contributed by atoms with van der Waals surface area (Å²) in [4.78, 5) is 12.5. The van der Waals surface area contributed by atoms with Gasteiger partial charge in [0.05, 0.1) is 0 Å². The summed E-state index contributed by atoms with van der Waals surface area (Å²) < 4.78 is 2.07. The third-order valence-electron chi connectivity index (χ3n) is 4.47. The van der Waals surface area contributed by atoms with Crippen molar-refractivity contribution in [2.75, 3.05) is 5.32 Å². The van der Waals surface area contributed by atoms with Gasteiger partial charge in [0.1, 0.15) is 6.54 Å². The molecule has 7 heteroatoms. The smallest absolute Gasteiger partial charge is 0.244 e. The van der Waals surface area contributed by atoms with Gasteiger partial charge in [-0.1, -0.05) is 43.5 Å². The number of amides is 1. The van der Waals surface area contributed by atoms with E-state index in [9.17, 15) is 4.79 Å². The third kappa shape index (κ3) is 5.30. The summed E-state index contributed by atoms with van der Waals surface area (Å²) in [6, 6.07) is 15.3. The van der Waals surface area contributed by atoms with Gasteiger partial charge in [0.2, 0.25) is 5.91 Å². The Labute approximate surface area is 174 Å². The number of nitrogens with zero attached hydrogens (tertiary/aromatic N) is 2. The third-order valence-corrected chi connectivity index (χ3v) is 5.03. The summed E-state index contributed by atoms with van der Waals surface area (Å²) in [5.74, 6) is 0.439. The molecule has 1 heterocycles. The first kappa shape index (κ1) is 20.3. The van der Waals surface area contributed by atoms with E-state index in [0.29, 0.717) is 15.6 Å². The van der Waals surface area contributed by atoms with Crippen molar-refractivity contribution in [3.8, 4) is 11.4 Å². The summed E-state index contributed by atoms with van der Waals surface area (Å²) in [7, 11) is 0. The monoisotopic (exact) mass is 414 g/mol. The Hall–Kier alpha value is -2.44. The van der Waals surface area contributed by atoms with Gasteiger partial charge in [0, 0.05) is 16.3 Å². The zero-order valence-electron chi connectivity index (χ0n) is 15.7. The zero-order valence-corrected chi connectivity index (χ0v) is 17.3. The van der Waals surface area contributed by atoms with Crippen molar-refractivity contribution in [3.05, 3.63) is 63.9 Å². The molecule has 1 amide bonds. The van der Waals surface area contributed by atoms with Crippen LogP contribution in [0.4, 0.5) is 5.69 Å². The standard InChI is InChI=1S/C21H23ClN4OS/c1-2-3-4-5-15-6-12-18(13-7-15)23-19(27)14-26-20(24-25-21(26)28)16-8-10-17(22)11-9-16/h6-13H,2-5,14H2,1H3,(H,23,27)(H,25,28). The molecule has 28 heavy (non-hydrogen) atoms. The normalized spacial score (nSPS) is 10.8. The molecular weight excluding hydrogens is 392 g/mol. The lowest BCUT2D eigenvalue weighted by Gasteiger charge is -2.09. The van der Waals surface area contributed by atoms with Crippen LogP contribution in [-0.2, 0) is 17.8 Å². The van der Waals surface area contributed by atoms with E-state index in [2.05, 4.69) is 34.6 Å². The lowest BCUT2D eigenvalue weighted by atomic mass is 10.1. The number of benzene rings is 2. The fourth-order valence-electron chi connectivity index (χ4n) is 2.96. The van der Waals surface area contributed by atoms with Crippen molar-refractivity contribution in [3.63, 3.8) is 0 Å². The number of hydrogen-bond donors (Lipinski definition) is 2. The van der Waals surface area contributed by atoms with E-state index in [4.69, 9.17) is 23.8 Å². The second kappa shape index (κ2) is 9.66. The average Bonchev–Trinajstić information content (AvgIpc) is 3.04. The number of aromatic amines is 1. The van der Waals surface area contributed by atoms with E-state index in [1.807, 2.05) is 24.3 Å². The van der Waals surface area contributed by atoms with E-state index in [0.717, 1.165) is 17.7 Å². The Bertz CT molecular complexity index is 977. The molecule has 0 fully saturated rings. The van der Waals surface area contributed by atoms with Crippen molar-refractivity contribution in [2.24, 2.45) is 0 Å². The second-order valence-electron chi connectivity index (χ2n) is 6.65. The first-order chi connectivity index (χ1) is 13.6. The maximum Gasteiger partial charge on any atom is 0.244 e.